The van der Waals surface area contributed by atoms with Crippen molar-refractivity contribution in [2.24, 2.45) is 4.99 Å². The monoisotopic (exact) mass is 378 g/mol. The molecule has 0 saturated carbocycles. The van der Waals surface area contributed by atoms with E-state index in [9.17, 15) is 4.79 Å². The number of carbonyl (C=O) groups excluding carboxylic acids is 1. The molecule has 3 nitrogen and oxygen atoms in total. The van der Waals surface area contributed by atoms with Crippen LogP contribution in [0.2, 0.25) is 0 Å². The van der Waals surface area contributed by atoms with Gasteiger partial charge in [0, 0.05) is 15.0 Å². The van der Waals surface area contributed by atoms with Gasteiger partial charge in [-0.05, 0) is 46.9 Å². The first kappa shape index (κ1) is 13.2. The minimum Gasteiger partial charge on any atom is -0.325 e. The van der Waals surface area contributed by atoms with E-state index in [1.54, 1.807) is 11.8 Å². The molecule has 0 aliphatic carbocycles. The van der Waals surface area contributed by atoms with Crippen molar-refractivity contribution in [3.8, 4) is 0 Å². The fraction of sp³-hybridized carbons (Fsp3) is 0.273. The average molecular weight is 378 g/mol. The van der Waals surface area contributed by atoms with Gasteiger partial charge in [0.1, 0.15) is 4.38 Å². The number of benzene rings is 1. The van der Waals surface area contributed by atoms with E-state index < -0.39 is 0 Å². The molecule has 0 radical (unpaired) electrons. The van der Waals surface area contributed by atoms with Crippen LogP contribution in [-0.2, 0) is 4.79 Å². The molecule has 0 bridgehead atoms. The van der Waals surface area contributed by atoms with E-state index in [-0.39, 0.29) is 5.91 Å². The number of hydrogen-bond donors (Lipinski definition) is 1. The molecule has 1 aromatic rings. The highest BCUT2D eigenvalue weighted by atomic mass is 127. The normalized spacial score (nSPS) is 14.5. The summed E-state index contributed by atoms with van der Waals surface area (Å²) in [6, 6.07) is 7.76. The summed E-state index contributed by atoms with van der Waals surface area (Å²) in [7, 11) is 0. The van der Waals surface area contributed by atoms with Crippen LogP contribution >= 0.6 is 46.1 Å². The van der Waals surface area contributed by atoms with Crippen molar-refractivity contribution in [1.29, 1.82) is 0 Å². The minimum atomic E-state index is 0.0198. The SMILES string of the molecule is O=C(CSC1=NCCS1)Nc1ccc(I)cc1. The van der Waals surface area contributed by atoms with E-state index in [4.69, 9.17) is 0 Å². The van der Waals surface area contributed by atoms with Crippen molar-refractivity contribution in [3.63, 3.8) is 0 Å². The Hall–Kier alpha value is -0.210. The Morgan fingerprint density at radius 1 is 1.47 bits per heavy atom. The van der Waals surface area contributed by atoms with Crippen molar-refractivity contribution in [2.75, 3.05) is 23.4 Å². The van der Waals surface area contributed by atoms with Gasteiger partial charge in [-0.3, -0.25) is 9.79 Å². The average Bonchev–Trinajstić information content (AvgIpc) is 2.83. The Bertz CT molecular complexity index is 434. The highest BCUT2D eigenvalue weighted by Crippen LogP contribution is 2.22. The third-order valence-corrected chi connectivity index (χ3v) is 4.98. The molecular formula is C11H11IN2OS2. The molecule has 2 rings (SSSR count). The molecule has 0 aromatic heterocycles. The number of nitrogens with zero attached hydrogens (tertiary/aromatic N) is 1. The Morgan fingerprint density at radius 2 is 2.24 bits per heavy atom. The molecular weight excluding hydrogens is 367 g/mol. The number of amides is 1. The quantitative estimate of drug-likeness (QED) is 0.823. The van der Waals surface area contributed by atoms with Crippen LogP contribution in [0.15, 0.2) is 29.3 Å². The molecule has 1 aromatic carbocycles. The van der Waals surface area contributed by atoms with E-state index in [0.29, 0.717) is 5.75 Å². The summed E-state index contributed by atoms with van der Waals surface area (Å²) in [5.41, 5.74) is 0.844. The van der Waals surface area contributed by atoms with E-state index in [1.165, 1.54) is 11.8 Å². The number of rotatable bonds is 3. The number of halogens is 1. The first-order valence-corrected chi connectivity index (χ1v) is 8.14. The zero-order valence-corrected chi connectivity index (χ0v) is 12.8. The van der Waals surface area contributed by atoms with E-state index >= 15 is 0 Å². The lowest BCUT2D eigenvalue weighted by Gasteiger charge is -2.04. The Kier molecular flexibility index (Phi) is 5.17. The maximum absolute atomic E-state index is 11.7. The highest BCUT2D eigenvalue weighted by molar-refractivity contribution is 14.1. The third-order valence-electron chi connectivity index (χ3n) is 2.01. The van der Waals surface area contributed by atoms with Crippen molar-refractivity contribution in [2.45, 2.75) is 0 Å². The number of thioether (sulfide) groups is 2. The molecule has 0 saturated heterocycles. The molecule has 0 fully saturated rings. The zero-order chi connectivity index (χ0) is 12.1. The molecule has 1 aliphatic heterocycles. The first-order chi connectivity index (χ1) is 8.24. The molecule has 0 spiro atoms. The van der Waals surface area contributed by atoms with Crippen molar-refractivity contribution >= 4 is 62.1 Å². The molecule has 6 heteroatoms. The Labute approximate surface area is 122 Å². The fourth-order valence-electron chi connectivity index (χ4n) is 1.26. The van der Waals surface area contributed by atoms with Gasteiger partial charge in [-0.1, -0.05) is 23.5 Å². The van der Waals surface area contributed by atoms with Crippen LogP contribution in [0.1, 0.15) is 0 Å². The summed E-state index contributed by atoms with van der Waals surface area (Å²) >= 11 is 5.48. The van der Waals surface area contributed by atoms with Gasteiger partial charge in [-0.25, -0.2) is 0 Å². The summed E-state index contributed by atoms with van der Waals surface area (Å²) in [6.07, 6.45) is 0. The van der Waals surface area contributed by atoms with Gasteiger partial charge in [-0.15, -0.1) is 0 Å². The van der Waals surface area contributed by atoms with Crippen molar-refractivity contribution in [1.82, 2.24) is 0 Å². The molecule has 1 heterocycles. The highest BCUT2D eigenvalue weighted by Gasteiger charge is 2.10. The van der Waals surface area contributed by atoms with E-state index in [0.717, 1.165) is 25.9 Å². The number of aliphatic imine (C=N–C) groups is 1. The second kappa shape index (κ2) is 6.65. The molecule has 0 unspecified atom stereocenters. The van der Waals surface area contributed by atoms with Gasteiger partial charge in [-0.2, -0.15) is 0 Å². The molecule has 90 valence electrons. The summed E-state index contributed by atoms with van der Waals surface area (Å²) in [5.74, 6) is 1.49. The maximum atomic E-state index is 11.7. The number of carbonyl (C=O) groups is 1. The standard InChI is InChI=1S/C11H11IN2OS2/c12-8-1-3-9(4-2-8)14-10(15)7-17-11-13-5-6-16-11/h1-4H,5-7H2,(H,14,15). The summed E-state index contributed by atoms with van der Waals surface area (Å²) in [5, 5.41) is 2.87. The lowest BCUT2D eigenvalue weighted by Crippen LogP contribution is -2.14. The third kappa shape index (κ3) is 4.51. The van der Waals surface area contributed by atoms with Gasteiger partial charge >= 0.3 is 0 Å². The van der Waals surface area contributed by atoms with Crippen LogP contribution in [-0.4, -0.2) is 28.3 Å². The lowest BCUT2D eigenvalue weighted by atomic mass is 10.3. The lowest BCUT2D eigenvalue weighted by molar-refractivity contribution is -0.113. The van der Waals surface area contributed by atoms with Crippen LogP contribution in [0, 0.1) is 3.57 Å². The Morgan fingerprint density at radius 3 is 2.88 bits per heavy atom. The number of nitrogens with one attached hydrogen (secondary N) is 1. The minimum absolute atomic E-state index is 0.0198. The van der Waals surface area contributed by atoms with Gasteiger partial charge in [0.05, 0.1) is 12.3 Å². The smallest absolute Gasteiger partial charge is 0.234 e. The molecule has 1 amide bonds. The van der Waals surface area contributed by atoms with E-state index in [2.05, 4.69) is 32.9 Å². The second-order valence-corrected chi connectivity index (χ2v) is 6.89. The molecule has 17 heavy (non-hydrogen) atoms. The number of hydrogen-bond acceptors (Lipinski definition) is 4. The second-order valence-electron chi connectivity index (χ2n) is 3.34. The topological polar surface area (TPSA) is 41.5 Å². The molecule has 1 aliphatic rings. The van der Waals surface area contributed by atoms with Gasteiger partial charge in [0.15, 0.2) is 0 Å². The summed E-state index contributed by atoms with van der Waals surface area (Å²) < 4.78 is 2.19. The zero-order valence-electron chi connectivity index (χ0n) is 8.98. The largest absolute Gasteiger partial charge is 0.325 e. The predicted octanol–water partition coefficient (Wildman–Crippen LogP) is 3.07. The first-order valence-electron chi connectivity index (χ1n) is 5.09. The van der Waals surface area contributed by atoms with Crippen LogP contribution in [0.3, 0.4) is 0 Å². The number of anilines is 1. The summed E-state index contributed by atoms with van der Waals surface area (Å²) in [4.78, 5) is 15.9. The van der Waals surface area contributed by atoms with Gasteiger partial charge in [0.2, 0.25) is 5.91 Å². The predicted molar refractivity (Wildman–Crippen MR) is 85.0 cm³/mol. The van der Waals surface area contributed by atoms with Crippen molar-refractivity contribution in [3.05, 3.63) is 27.8 Å². The maximum Gasteiger partial charge on any atom is 0.234 e. The van der Waals surface area contributed by atoms with Gasteiger partial charge < -0.3 is 5.32 Å². The van der Waals surface area contributed by atoms with Crippen LogP contribution in [0.25, 0.3) is 0 Å². The van der Waals surface area contributed by atoms with Crippen LogP contribution in [0.4, 0.5) is 5.69 Å². The van der Waals surface area contributed by atoms with Crippen LogP contribution in [0.5, 0.6) is 0 Å². The van der Waals surface area contributed by atoms with Crippen LogP contribution < -0.4 is 5.32 Å². The van der Waals surface area contributed by atoms with Gasteiger partial charge in [0.25, 0.3) is 0 Å². The molecule has 1 N–H and O–H groups in total. The van der Waals surface area contributed by atoms with E-state index in [1.807, 2.05) is 24.3 Å². The Balaban J connectivity index is 1.78. The summed E-state index contributed by atoms with van der Waals surface area (Å²) in [6.45, 7) is 0.881. The van der Waals surface area contributed by atoms with Crippen molar-refractivity contribution < 1.29 is 4.79 Å². The fourth-order valence-corrected chi connectivity index (χ4v) is 3.43. The molecule has 0 atom stereocenters.